The molecule has 0 bridgehead atoms. The fraction of sp³-hybridized carbons (Fsp3) is 0.294. The first kappa shape index (κ1) is 15.0. The van der Waals surface area contributed by atoms with Gasteiger partial charge >= 0.3 is 0 Å². The number of rotatable bonds is 8. The standard InChI is InChI=1S/C17H21NO3/c1-3-19-15-8-10-17(11-9-15)21-13-12-20-16-6-4-14(18-2)5-7-16/h4-11,18H,3,12-13H2,1-2H3. The Bertz CT molecular complexity index is 523. The number of nitrogens with one attached hydrogen (secondary N) is 1. The minimum atomic E-state index is 0.502. The first-order valence-electron chi connectivity index (χ1n) is 7.08. The minimum absolute atomic E-state index is 0.502. The molecular formula is C17H21NO3. The molecule has 4 nitrogen and oxygen atoms in total. The maximum atomic E-state index is 5.61. The normalized spacial score (nSPS) is 10.0. The first-order valence-corrected chi connectivity index (χ1v) is 7.08. The minimum Gasteiger partial charge on any atom is -0.494 e. The summed E-state index contributed by atoms with van der Waals surface area (Å²) in [5.41, 5.74) is 1.06. The third kappa shape index (κ3) is 4.91. The fourth-order valence-electron chi connectivity index (χ4n) is 1.84. The summed E-state index contributed by atoms with van der Waals surface area (Å²) >= 11 is 0. The second kappa shape index (κ2) is 8.04. The highest BCUT2D eigenvalue weighted by molar-refractivity contribution is 5.45. The van der Waals surface area contributed by atoms with Gasteiger partial charge in [-0.05, 0) is 55.5 Å². The van der Waals surface area contributed by atoms with Crippen molar-refractivity contribution in [2.45, 2.75) is 6.92 Å². The van der Waals surface area contributed by atoms with Crippen LogP contribution in [0.5, 0.6) is 17.2 Å². The fourth-order valence-corrected chi connectivity index (χ4v) is 1.84. The van der Waals surface area contributed by atoms with Gasteiger partial charge in [-0.2, -0.15) is 0 Å². The van der Waals surface area contributed by atoms with E-state index in [2.05, 4.69) is 5.32 Å². The van der Waals surface area contributed by atoms with E-state index in [4.69, 9.17) is 14.2 Å². The van der Waals surface area contributed by atoms with Gasteiger partial charge in [0, 0.05) is 12.7 Å². The summed E-state index contributed by atoms with van der Waals surface area (Å²) in [4.78, 5) is 0. The van der Waals surface area contributed by atoms with Gasteiger partial charge in [0.05, 0.1) is 6.61 Å². The van der Waals surface area contributed by atoms with Gasteiger partial charge in [-0.15, -0.1) is 0 Å². The Labute approximate surface area is 125 Å². The molecule has 2 rings (SSSR count). The molecular weight excluding hydrogens is 266 g/mol. The van der Waals surface area contributed by atoms with Crippen molar-refractivity contribution < 1.29 is 14.2 Å². The highest BCUT2D eigenvalue weighted by Crippen LogP contribution is 2.18. The zero-order valence-corrected chi connectivity index (χ0v) is 12.5. The van der Waals surface area contributed by atoms with Crippen LogP contribution in [0.2, 0.25) is 0 Å². The van der Waals surface area contributed by atoms with E-state index < -0.39 is 0 Å². The van der Waals surface area contributed by atoms with Crippen LogP contribution in [-0.2, 0) is 0 Å². The lowest BCUT2D eigenvalue weighted by atomic mass is 10.3. The maximum Gasteiger partial charge on any atom is 0.122 e. The molecule has 0 aliphatic rings. The zero-order chi connectivity index (χ0) is 14.9. The Balaban J connectivity index is 1.71. The molecule has 0 atom stereocenters. The summed E-state index contributed by atoms with van der Waals surface area (Å²) in [7, 11) is 1.89. The van der Waals surface area contributed by atoms with Gasteiger partial charge in [-0.25, -0.2) is 0 Å². The zero-order valence-electron chi connectivity index (χ0n) is 12.5. The van der Waals surface area contributed by atoms with E-state index in [9.17, 15) is 0 Å². The molecule has 0 aliphatic carbocycles. The van der Waals surface area contributed by atoms with E-state index in [1.54, 1.807) is 0 Å². The monoisotopic (exact) mass is 287 g/mol. The SMILES string of the molecule is CCOc1ccc(OCCOc2ccc(NC)cc2)cc1. The molecule has 1 N–H and O–H groups in total. The maximum absolute atomic E-state index is 5.61. The van der Waals surface area contributed by atoms with Crippen LogP contribution in [-0.4, -0.2) is 26.9 Å². The molecule has 0 spiro atoms. The van der Waals surface area contributed by atoms with E-state index in [1.807, 2.05) is 62.5 Å². The lowest BCUT2D eigenvalue weighted by molar-refractivity contribution is 0.217. The lowest BCUT2D eigenvalue weighted by Gasteiger charge is -2.09. The third-order valence-corrected chi connectivity index (χ3v) is 2.90. The molecule has 0 unspecified atom stereocenters. The van der Waals surface area contributed by atoms with Crippen LogP contribution in [0.1, 0.15) is 6.92 Å². The largest absolute Gasteiger partial charge is 0.494 e. The van der Waals surface area contributed by atoms with Crippen molar-refractivity contribution in [2.75, 3.05) is 32.2 Å². The van der Waals surface area contributed by atoms with Crippen LogP contribution < -0.4 is 19.5 Å². The molecule has 0 saturated carbocycles. The first-order chi connectivity index (χ1) is 10.3. The number of hydrogen-bond acceptors (Lipinski definition) is 4. The summed E-state index contributed by atoms with van der Waals surface area (Å²) in [5, 5.41) is 3.07. The van der Waals surface area contributed by atoms with Crippen molar-refractivity contribution in [3.63, 3.8) is 0 Å². The number of hydrogen-bond donors (Lipinski definition) is 1. The molecule has 4 heteroatoms. The van der Waals surface area contributed by atoms with Crippen molar-refractivity contribution in [2.24, 2.45) is 0 Å². The Morgan fingerprint density at radius 3 is 1.57 bits per heavy atom. The van der Waals surface area contributed by atoms with Gasteiger partial charge in [0.25, 0.3) is 0 Å². The predicted octanol–water partition coefficient (Wildman–Crippen LogP) is 3.58. The second-order valence-electron chi connectivity index (χ2n) is 4.38. The van der Waals surface area contributed by atoms with E-state index in [0.717, 1.165) is 22.9 Å². The molecule has 0 heterocycles. The van der Waals surface area contributed by atoms with Gasteiger partial charge in [0.2, 0.25) is 0 Å². The second-order valence-corrected chi connectivity index (χ2v) is 4.38. The third-order valence-electron chi connectivity index (χ3n) is 2.90. The number of ether oxygens (including phenoxy) is 3. The summed E-state index contributed by atoms with van der Waals surface area (Å²) in [6.45, 7) is 3.64. The summed E-state index contributed by atoms with van der Waals surface area (Å²) in [6, 6.07) is 15.4. The van der Waals surface area contributed by atoms with Crippen molar-refractivity contribution in [1.29, 1.82) is 0 Å². The van der Waals surface area contributed by atoms with Gasteiger partial charge in [-0.1, -0.05) is 0 Å². The Morgan fingerprint density at radius 1 is 0.714 bits per heavy atom. The highest BCUT2D eigenvalue weighted by atomic mass is 16.5. The smallest absolute Gasteiger partial charge is 0.122 e. The van der Waals surface area contributed by atoms with Crippen LogP contribution in [0.15, 0.2) is 48.5 Å². The molecule has 0 amide bonds. The molecule has 112 valence electrons. The summed E-state index contributed by atoms with van der Waals surface area (Å²) < 4.78 is 16.6. The van der Waals surface area contributed by atoms with Gasteiger partial charge in [0.15, 0.2) is 0 Å². The molecule has 2 aromatic carbocycles. The van der Waals surface area contributed by atoms with Crippen molar-refractivity contribution in [3.8, 4) is 17.2 Å². The molecule has 0 aromatic heterocycles. The van der Waals surface area contributed by atoms with Gasteiger partial charge < -0.3 is 19.5 Å². The van der Waals surface area contributed by atoms with E-state index in [0.29, 0.717) is 19.8 Å². The molecule has 0 saturated heterocycles. The Kier molecular flexibility index (Phi) is 5.76. The molecule has 21 heavy (non-hydrogen) atoms. The average Bonchev–Trinajstić information content (AvgIpc) is 2.54. The molecule has 0 aliphatic heterocycles. The summed E-state index contributed by atoms with van der Waals surface area (Å²) in [5.74, 6) is 2.50. The molecule has 0 radical (unpaired) electrons. The van der Waals surface area contributed by atoms with Crippen LogP contribution in [0, 0.1) is 0 Å². The summed E-state index contributed by atoms with van der Waals surface area (Å²) in [6.07, 6.45) is 0. The molecule has 2 aromatic rings. The van der Waals surface area contributed by atoms with Crippen LogP contribution in [0.4, 0.5) is 5.69 Å². The number of benzene rings is 2. The van der Waals surface area contributed by atoms with Crippen LogP contribution >= 0.6 is 0 Å². The van der Waals surface area contributed by atoms with Crippen molar-refractivity contribution >= 4 is 5.69 Å². The average molecular weight is 287 g/mol. The van der Waals surface area contributed by atoms with Crippen molar-refractivity contribution in [1.82, 2.24) is 0 Å². The molecule has 0 fully saturated rings. The highest BCUT2D eigenvalue weighted by Gasteiger charge is 1.97. The van der Waals surface area contributed by atoms with E-state index in [1.165, 1.54) is 0 Å². The van der Waals surface area contributed by atoms with Gasteiger partial charge in [-0.3, -0.25) is 0 Å². The Hall–Kier alpha value is -2.36. The van der Waals surface area contributed by atoms with Crippen LogP contribution in [0.3, 0.4) is 0 Å². The van der Waals surface area contributed by atoms with Crippen LogP contribution in [0.25, 0.3) is 0 Å². The lowest BCUT2D eigenvalue weighted by Crippen LogP contribution is -2.08. The predicted molar refractivity (Wildman–Crippen MR) is 84.6 cm³/mol. The van der Waals surface area contributed by atoms with Gasteiger partial charge in [0.1, 0.15) is 30.5 Å². The topological polar surface area (TPSA) is 39.7 Å². The van der Waals surface area contributed by atoms with Crippen molar-refractivity contribution in [3.05, 3.63) is 48.5 Å². The Morgan fingerprint density at radius 2 is 1.14 bits per heavy atom. The number of anilines is 1. The quantitative estimate of drug-likeness (QED) is 0.753. The van der Waals surface area contributed by atoms with E-state index >= 15 is 0 Å². The van der Waals surface area contributed by atoms with E-state index in [-0.39, 0.29) is 0 Å².